The van der Waals surface area contributed by atoms with Crippen molar-refractivity contribution < 1.29 is 14.6 Å². The first-order valence-electron chi connectivity index (χ1n) is 11.6. The van der Waals surface area contributed by atoms with Crippen molar-refractivity contribution in [2.75, 3.05) is 20.3 Å². The normalized spacial score (nSPS) is 17.7. The number of nitrogens with zero attached hydrogens (tertiary/aromatic N) is 2. The number of aromatic nitrogens is 2. The third-order valence-electron chi connectivity index (χ3n) is 6.38. The number of rotatable bonds is 7. The Morgan fingerprint density at radius 1 is 1.03 bits per heavy atom. The van der Waals surface area contributed by atoms with Crippen LogP contribution in [0.25, 0.3) is 5.52 Å². The molecule has 5 nitrogen and oxygen atoms in total. The Morgan fingerprint density at radius 3 is 2.52 bits per heavy atom. The van der Waals surface area contributed by atoms with E-state index in [1.807, 2.05) is 47.3 Å². The molecule has 2 aromatic heterocycles. The zero-order valence-electron chi connectivity index (χ0n) is 18.5. The highest BCUT2D eigenvalue weighted by Crippen LogP contribution is 2.46. The quantitative estimate of drug-likeness (QED) is 0.508. The van der Waals surface area contributed by atoms with E-state index in [2.05, 4.69) is 17.2 Å². The molecule has 166 valence electrons. The molecule has 0 spiro atoms. The summed E-state index contributed by atoms with van der Waals surface area (Å²) in [6.07, 6.45) is 14.3. The first-order chi connectivity index (χ1) is 15.3. The highest BCUT2D eigenvalue weighted by atomic mass is 16.5. The van der Waals surface area contributed by atoms with E-state index < -0.39 is 0 Å². The monoisotopic (exact) mass is 422 g/mol. The largest absolute Gasteiger partial charge is 0.491 e. The van der Waals surface area contributed by atoms with Crippen LogP contribution >= 0.6 is 0 Å². The summed E-state index contributed by atoms with van der Waals surface area (Å²) in [4.78, 5) is 4.26. The van der Waals surface area contributed by atoms with E-state index in [1.165, 1.54) is 56.1 Å². The van der Waals surface area contributed by atoms with Crippen LogP contribution in [0.15, 0.2) is 55.1 Å². The SMILES string of the molecule is COCCOc1ccccc1.OC(c1c(C2CC2)ccn2cncc12)C1CCCCC1. The molecule has 0 aliphatic heterocycles. The Labute approximate surface area is 185 Å². The van der Waals surface area contributed by atoms with Crippen LogP contribution in [0.3, 0.4) is 0 Å². The summed E-state index contributed by atoms with van der Waals surface area (Å²) >= 11 is 0. The lowest BCUT2D eigenvalue weighted by atomic mass is 9.81. The summed E-state index contributed by atoms with van der Waals surface area (Å²) in [7, 11) is 1.66. The van der Waals surface area contributed by atoms with Gasteiger partial charge in [-0.3, -0.25) is 0 Å². The Balaban J connectivity index is 0.000000180. The molecule has 1 unspecified atom stereocenters. The van der Waals surface area contributed by atoms with Crippen molar-refractivity contribution in [3.8, 4) is 5.75 Å². The second-order valence-corrected chi connectivity index (χ2v) is 8.64. The first-order valence-corrected chi connectivity index (χ1v) is 11.6. The standard InChI is InChI=1S/C17H22N2O.C9H12O2/c20-17(13-4-2-1-3-5-13)16-14(12-6-7-12)8-9-19-11-18-10-15(16)19;1-10-7-8-11-9-5-3-2-4-6-9/h8-13,17,20H,1-7H2;2-6H,7-8H2,1H3. The fourth-order valence-corrected chi connectivity index (χ4v) is 4.55. The van der Waals surface area contributed by atoms with Crippen molar-refractivity contribution in [3.63, 3.8) is 0 Å². The van der Waals surface area contributed by atoms with Gasteiger partial charge in [-0.1, -0.05) is 37.5 Å². The molecule has 1 N–H and O–H groups in total. The fourth-order valence-electron chi connectivity index (χ4n) is 4.55. The van der Waals surface area contributed by atoms with Crippen LogP contribution < -0.4 is 4.74 Å². The molecular weight excluding hydrogens is 388 g/mol. The van der Waals surface area contributed by atoms with Gasteiger partial charge in [0.2, 0.25) is 0 Å². The maximum absolute atomic E-state index is 11.0. The van der Waals surface area contributed by atoms with Crippen LogP contribution in [0.5, 0.6) is 5.75 Å². The van der Waals surface area contributed by atoms with Crippen LogP contribution in [0.2, 0.25) is 0 Å². The summed E-state index contributed by atoms with van der Waals surface area (Å²) in [6, 6.07) is 11.9. The van der Waals surface area contributed by atoms with Gasteiger partial charge in [0, 0.05) is 18.9 Å². The van der Waals surface area contributed by atoms with Gasteiger partial charge in [0.05, 0.1) is 30.8 Å². The lowest BCUT2D eigenvalue weighted by Crippen LogP contribution is -2.18. The van der Waals surface area contributed by atoms with Crippen LogP contribution in [0.1, 0.15) is 68.1 Å². The second kappa shape index (κ2) is 10.8. The van der Waals surface area contributed by atoms with Gasteiger partial charge in [-0.05, 0) is 61.3 Å². The Bertz CT molecular complexity index is 930. The van der Waals surface area contributed by atoms with Crippen molar-refractivity contribution in [3.05, 3.63) is 66.2 Å². The van der Waals surface area contributed by atoms with E-state index in [4.69, 9.17) is 9.47 Å². The maximum Gasteiger partial charge on any atom is 0.119 e. The van der Waals surface area contributed by atoms with Crippen LogP contribution in [-0.2, 0) is 4.74 Å². The molecule has 0 radical (unpaired) electrons. The van der Waals surface area contributed by atoms with Gasteiger partial charge >= 0.3 is 0 Å². The summed E-state index contributed by atoms with van der Waals surface area (Å²) in [5.41, 5.74) is 3.64. The third-order valence-corrected chi connectivity index (χ3v) is 6.38. The van der Waals surface area contributed by atoms with Gasteiger partial charge in [0.15, 0.2) is 0 Å². The lowest BCUT2D eigenvalue weighted by molar-refractivity contribution is 0.0850. The van der Waals surface area contributed by atoms with Gasteiger partial charge in [0.25, 0.3) is 0 Å². The summed E-state index contributed by atoms with van der Waals surface area (Å²) in [5, 5.41) is 11.0. The van der Waals surface area contributed by atoms with Crippen molar-refractivity contribution in [1.82, 2.24) is 9.38 Å². The second-order valence-electron chi connectivity index (χ2n) is 8.64. The Morgan fingerprint density at radius 2 is 1.81 bits per heavy atom. The molecule has 31 heavy (non-hydrogen) atoms. The molecule has 5 rings (SSSR count). The van der Waals surface area contributed by atoms with E-state index in [0.29, 0.717) is 25.0 Å². The topological polar surface area (TPSA) is 56.0 Å². The van der Waals surface area contributed by atoms with Crippen molar-refractivity contribution >= 4 is 5.52 Å². The van der Waals surface area contributed by atoms with Crippen LogP contribution in [-0.4, -0.2) is 34.8 Å². The summed E-state index contributed by atoms with van der Waals surface area (Å²) in [6.45, 7) is 1.25. The number of methoxy groups -OCH3 is 1. The Hall–Kier alpha value is -2.37. The molecule has 2 heterocycles. The third kappa shape index (κ3) is 5.66. The zero-order chi connectivity index (χ0) is 21.5. The minimum absolute atomic E-state index is 0.314. The zero-order valence-corrected chi connectivity index (χ0v) is 18.5. The number of hydrogen-bond donors (Lipinski definition) is 1. The van der Waals surface area contributed by atoms with E-state index in [-0.39, 0.29) is 6.10 Å². The molecule has 2 aliphatic carbocycles. The van der Waals surface area contributed by atoms with Crippen LogP contribution in [0.4, 0.5) is 0 Å². The molecule has 2 fully saturated rings. The highest BCUT2D eigenvalue weighted by Gasteiger charge is 2.32. The predicted octanol–water partition coefficient (Wildman–Crippen LogP) is 5.54. The number of pyridine rings is 1. The molecule has 3 aromatic rings. The number of para-hydroxylation sites is 1. The predicted molar refractivity (Wildman–Crippen MR) is 123 cm³/mol. The molecule has 2 saturated carbocycles. The molecule has 0 saturated heterocycles. The lowest BCUT2D eigenvalue weighted by Gasteiger charge is -2.28. The number of aliphatic hydroxyl groups excluding tert-OH is 1. The van der Waals surface area contributed by atoms with Crippen LogP contribution in [0, 0.1) is 5.92 Å². The van der Waals surface area contributed by atoms with Gasteiger partial charge in [0.1, 0.15) is 12.4 Å². The molecular formula is C26H34N2O3. The number of fused-ring (bicyclic) bond motifs is 1. The number of hydrogen-bond acceptors (Lipinski definition) is 4. The average Bonchev–Trinajstić information content (AvgIpc) is 3.56. The van der Waals surface area contributed by atoms with Gasteiger partial charge in [-0.25, -0.2) is 4.98 Å². The van der Waals surface area contributed by atoms with E-state index in [1.54, 1.807) is 7.11 Å². The van der Waals surface area contributed by atoms with Gasteiger partial charge in [-0.15, -0.1) is 0 Å². The maximum atomic E-state index is 11.0. The molecule has 0 bridgehead atoms. The number of benzene rings is 1. The smallest absolute Gasteiger partial charge is 0.119 e. The molecule has 0 amide bonds. The van der Waals surface area contributed by atoms with Crippen molar-refractivity contribution in [2.45, 2.75) is 57.0 Å². The summed E-state index contributed by atoms with van der Waals surface area (Å²) in [5.74, 6) is 2.00. The number of ether oxygens (including phenoxy) is 2. The fraction of sp³-hybridized carbons (Fsp3) is 0.500. The van der Waals surface area contributed by atoms with Crippen molar-refractivity contribution in [2.24, 2.45) is 5.92 Å². The molecule has 5 heteroatoms. The molecule has 1 atom stereocenters. The molecule has 2 aliphatic rings. The van der Waals surface area contributed by atoms with Gasteiger partial charge in [-0.2, -0.15) is 0 Å². The first kappa shape index (κ1) is 21.8. The van der Waals surface area contributed by atoms with Crippen molar-refractivity contribution in [1.29, 1.82) is 0 Å². The van der Waals surface area contributed by atoms with Gasteiger partial charge < -0.3 is 19.0 Å². The van der Waals surface area contributed by atoms with E-state index in [0.717, 1.165) is 11.3 Å². The average molecular weight is 423 g/mol. The molecule has 1 aromatic carbocycles. The minimum atomic E-state index is -0.314. The highest BCUT2D eigenvalue weighted by molar-refractivity contribution is 5.59. The number of aliphatic hydroxyl groups is 1. The van der Waals surface area contributed by atoms with E-state index >= 15 is 0 Å². The number of imidazole rings is 1. The summed E-state index contributed by atoms with van der Waals surface area (Å²) < 4.78 is 12.2. The minimum Gasteiger partial charge on any atom is -0.491 e. The van der Waals surface area contributed by atoms with E-state index in [9.17, 15) is 5.11 Å². The Kier molecular flexibility index (Phi) is 7.60.